The van der Waals surface area contributed by atoms with Crippen molar-refractivity contribution in [2.24, 2.45) is 0 Å². The highest BCUT2D eigenvalue weighted by atomic mass is 35.5. The molecule has 6 N–H and O–H groups in total. The predicted octanol–water partition coefficient (Wildman–Crippen LogP) is 5.51. The summed E-state index contributed by atoms with van der Waals surface area (Å²) in [4.78, 5) is 29.0. The summed E-state index contributed by atoms with van der Waals surface area (Å²) in [6, 6.07) is 15.5. The molecule has 0 saturated carbocycles. The van der Waals surface area contributed by atoms with E-state index in [1.807, 2.05) is 48.5 Å². The first-order valence-corrected chi connectivity index (χ1v) is 16.9. The third-order valence-electron chi connectivity index (χ3n) is 8.39. The van der Waals surface area contributed by atoms with Gasteiger partial charge in [-0.05, 0) is 63.1 Å². The number of carbonyl (C=O) groups is 1. The van der Waals surface area contributed by atoms with Crippen LogP contribution in [0.1, 0.15) is 56.8 Å². The molecule has 0 unspecified atom stereocenters. The molecular weight excluding hydrogens is 671 g/mol. The lowest BCUT2D eigenvalue weighted by atomic mass is 9.91. The van der Waals surface area contributed by atoms with E-state index in [1.165, 1.54) is 10.9 Å². The Morgan fingerprint density at radius 3 is 2.10 bits per heavy atom. The number of ether oxygens (including phenoxy) is 1. The zero-order chi connectivity index (χ0) is 35.2. The average Bonchev–Trinajstić information content (AvgIpc) is 3.62. The maximum atomic E-state index is 12.8. The predicted molar refractivity (Wildman–Crippen MR) is 189 cm³/mol. The number of rotatable bonds is 14. The molecular formula is C34H42Cl2N8O5. The molecule has 262 valence electrons. The highest BCUT2D eigenvalue weighted by molar-refractivity contribution is 6.30. The summed E-state index contributed by atoms with van der Waals surface area (Å²) in [7, 11) is 0. The van der Waals surface area contributed by atoms with Crippen molar-refractivity contribution >= 4 is 46.2 Å². The van der Waals surface area contributed by atoms with E-state index >= 15 is 0 Å². The Labute approximate surface area is 294 Å². The largest absolute Gasteiger partial charge is 0.506 e. The molecule has 1 aliphatic rings. The number of amides is 2. The molecule has 5 rings (SSSR count). The highest BCUT2D eigenvalue weighted by Crippen LogP contribution is 2.34. The van der Waals surface area contributed by atoms with Crippen LogP contribution in [0.25, 0.3) is 11.2 Å². The first kappa shape index (κ1) is 36.1. The number of aromatic nitrogens is 4. The van der Waals surface area contributed by atoms with Crippen molar-refractivity contribution in [3.05, 3.63) is 93.4 Å². The van der Waals surface area contributed by atoms with Gasteiger partial charge in [-0.1, -0.05) is 47.5 Å². The first-order valence-electron chi connectivity index (χ1n) is 16.1. The Kier molecular flexibility index (Phi) is 11.8. The van der Waals surface area contributed by atoms with Gasteiger partial charge >= 0.3 is 6.03 Å². The number of benzene rings is 2. The van der Waals surface area contributed by atoms with Crippen molar-refractivity contribution in [3.8, 4) is 0 Å². The van der Waals surface area contributed by atoms with Gasteiger partial charge in [0.15, 0.2) is 40.6 Å². The summed E-state index contributed by atoms with van der Waals surface area (Å²) in [6.45, 7) is 9.46. The van der Waals surface area contributed by atoms with E-state index in [1.54, 1.807) is 0 Å². The number of fused-ring (bicyclic) bond motifs is 1. The van der Waals surface area contributed by atoms with Crippen LogP contribution in [0.2, 0.25) is 10.0 Å². The van der Waals surface area contributed by atoms with Crippen LogP contribution in [0.4, 0.5) is 10.6 Å². The minimum absolute atomic E-state index is 0.0185. The molecule has 0 aliphatic carbocycles. The van der Waals surface area contributed by atoms with E-state index in [-0.39, 0.29) is 30.0 Å². The maximum Gasteiger partial charge on any atom is 0.315 e. The van der Waals surface area contributed by atoms with Crippen molar-refractivity contribution in [2.45, 2.75) is 64.6 Å². The molecule has 0 fully saturated rings. The van der Waals surface area contributed by atoms with Crippen LogP contribution in [-0.2, 0) is 11.3 Å². The lowest BCUT2D eigenvalue weighted by Crippen LogP contribution is -2.44. The van der Waals surface area contributed by atoms with Gasteiger partial charge in [-0.25, -0.2) is 19.7 Å². The van der Waals surface area contributed by atoms with Crippen LogP contribution in [0.3, 0.4) is 0 Å². The first-order chi connectivity index (χ1) is 23.5. The second-order valence-electron chi connectivity index (χ2n) is 12.3. The van der Waals surface area contributed by atoms with Crippen LogP contribution >= 0.6 is 23.2 Å². The van der Waals surface area contributed by atoms with Gasteiger partial charge in [0.05, 0.1) is 19.5 Å². The summed E-state index contributed by atoms with van der Waals surface area (Å²) in [5.74, 6) is -0.437. The van der Waals surface area contributed by atoms with Gasteiger partial charge in [0, 0.05) is 47.7 Å². The topological polar surface area (TPSA) is 170 Å². The van der Waals surface area contributed by atoms with E-state index < -0.39 is 30.5 Å². The summed E-state index contributed by atoms with van der Waals surface area (Å²) < 4.78 is 7.15. The fraction of sp³-hybridized carbons (Fsp3) is 0.412. The van der Waals surface area contributed by atoms with E-state index in [0.29, 0.717) is 53.1 Å². The molecule has 1 aliphatic heterocycles. The van der Waals surface area contributed by atoms with Crippen LogP contribution in [0.15, 0.2) is 66.4 Å². The van der Waals surface area contributed by atoms with E-state index in [2.05, 4.69) is 58.5 Å². The Balaban J connectivity index is 1.42. The number of anilines is 1. The van der Waals surface area contributed by atoms with Crippen molar-refractivity contribution in [1.29, 1.82) is 0 Å². The Bertz CT molecular complexity index is 1710. The molecule has 3 heterocycles. The van der Waals surface area contributed by atoms with E-state index in [0.717, 1.165) is 11.1 Å². The minimum Gasteiger partial charge on any atom is -0.506 e. The lowest BCUT2D eigenvalue weighted by Gasteiger charge is -2.30. The zero-order valence-electron chi connectivity index (χ0n) is 27.8. The Morgan fingerprint density at radius 1 is 0.939 bits per heavy atom. The molecule has 2 amide bonds. The molecule has 2 atom stereocenters. The Morgan fingerprint density at radius 2 is 1.55 bits per heavy atom. The third kappa shape index (κ3) is 8.54. The molecule has 4 aromatic rings. The molecule has 13 nitrogen and oxygen atoms in total. The molecule has 0 radical (unpaired) electrons. The van der Waals surface area contributed by atoms with Gasteiger partial charge in [0.25, 0.3) is 0 Å². The standard InChI is InChI=1S/C34H42Cl2N8O5/c1-19(2)43(20(3)4)14-13-37-34(48)39-16-27-41-31(28-32(42-27)44(18-40-28)33-30(47)29(46)26(17-45)49-33)38-15-25(21-5-9-23(35)10-6-21)22-7-11-24(36)12-8-22/h5-12,18-20,25-26,33,45-47H,13-17H2,1-4H3,(H2,37,39,48)(H,38,41,42)/t26-,33-/m1/s1. The second-order valence-corrected chi connectivity index (χ2v) is 13.2. The van der Waals surface area contributed by atoms with Crippen LogP contribution in [0, 0.1) is 0 Å². The monoisotopic (exact) mass is 712 g/mol. The number of nitrogens with one attached hydrogen (secondary N) is 3. The average molecular weight is 714 g/mol. The quantitative estimate of drug-likeness (QED) is 0.0980. The molecule has 2 aromatic carbocycles. The SMILES string of the molecule is CC(C)N(CCNC(=O)NCc1nc(NCC(c2ccc(Cl)cc2)c2ccc(Cl)cc2)c2ncn([C@@H]3O[C@H](CO)C(O)=C3O)c2n1)C(C)C. The van der Waals surface area contributed by atoms with Crippen molar-refractivity contribution in [2.75, 3.05) is 31.6 Å². The minimum atomic E-state index is -1.19. The van der Waals surface area contributed by atoms with Gasteiger partial charge in [-0.2, -0.15) is 0 Å². The van der Waals surface area contributed by atoms with Gasteiger partial charge < -0.3 is 36.0 Å². The van der Waals surface area contributed by atoms with E-state index in [9.17, 15) is 20.1 Å². The normalized spacial score (nSPS) is 16.5. The maximum absolute atomic E-state index is 12.8. The second kappa shape index (κ2) is 16.0. The number of nitrogens with zero attached hydrogens (tertiary/aromatic N) is 5. The van der Waals surface area contributed by atoms with Crippen LogP contribution in [0.5, 0.6) is 0 Å². The molecule has 49 heavy (non-hydrogen) atoms. The number of carbonyl (C=O) groups excluding carboxylic acids is 1. The fourth-order valence-corrected chi connectivity index (χ4v) is 6.14. The molecule has 0 bridgehead atoms. The van der Waals surface area contributed by atoms with Crippen molar-refractivity contribution in [1.82, 2.24) is 35.1 Å². The lowest BCUT2D eigenvalue weighted by molar-refractivity contribution is -0.0331. The van der Waals surface area contributed by atoms with Gasteiger partial charge in [-0.3, -0.25) is 9.47 Å². The van der Waals surface area contributed by atoms with Gasteiger partial charge in [0.1, 0.15) is 6.10 Å². The Hall–Kier alpha value is -4.14. The van der Waals surface area contributed by atoms with E-state index in [4.69, 9.17) is 32.9 Å². The molecule has 0 spiro atoms. The number of aliphatic hydroxyl groups excluding tert-OH is 3. The van der Waals surface area contributed by atoms with Gasteiger partial charge in [-0.15, -0.1) is 0 Å². The summed E-state index contributed by atoms with van der Waals surface area (Å²) in [5, 5.41) is 41.0. The number of halogens is 2. The number of hydrogen-bond acceptors (Lipinski definition) is 10. The number of urea groups is 1. The summed E-state index contributed by atoms with van der Waals surface area (Å²) in [6.07, 6.45) is -0.878. The molecule has 15 heteroatoms. The van der Waals surface area contributed by atoms with Gasteiger partial charge in [0.2, 0.25) is 0 Å². The fourth-order valence-electron chi connectivity index (χ4n) is 5.89. The molecule has 2 aromatic heterocycles. The van der Waals surface area contributed by atoms with Crippen LogP contribution < -0.4 is 16.0 Å². The third-order valence-corrected chi connectivity index (χ3v) is 8.89. The smallest absolute Gasteiger partial charge is 0.315 e. The number of imidazole rings is 1. The molecule has 0 saturated heterocycles. The highest BCUT2D eigenvalue weighted by Gasteiger charge is 2.37. The van der Waals surface area contributed by atoms with Crippen molar-refractivity contribution < 1.29 is 24.9 Å². The number of hydrogen-bond donors (Lipinski definition) is 6. The van der Waals surface area contributed by atoms with Crippen molar-refractivity contribution in [3.63, 3.8) is 0 Å². The van der Waals surface area contributed by atoms with Crippen LogP contribution in [-0.4, -0.2) is 90.2 Å². The number of aliphatic hydroxyl groups is 3. The summed E-state index contributed by atoms with van der Waals surface area (Å²) >= 11 is 12.4. The zero-order valence-corrected chi connectivity index (χ0v) is 29.3. The summed E-state index contributed by atoms with van der Waals surface area (Å²) in [5.41, 5.74) is 2.64.